The average Bonchev–Trinajstić information content (AvgIpc) is 3.07. The predicted molar refractivity (Wildman–Crippen MR) is 109 cm³/mol. The van der Waals surface area contributed by atoms with Crippen LogP contribution in [0.5, 0.6) is 5.75 Å². The molecule has 4 heterocycles. The normalized spacial score (nSPS) is 16.1. The number of fused-ring (bicyclic) bond motifs is 2. The van der Waals surface area contributed by atoms with Gasteiger partial charge in [-0.1, -0.05) is 0 Å². The summed E-state index contributed by atoms with van der Waals surface area (Å²) < 4.78 is 7.16. The molecule has 1 saturated heterocycles. The number of likely N-dealkylation sites (tertiary alicyclic amines) is 1. The van der Waals surface area contributed by atoms with E-state index in [1.165, 1.54) is 0 Å². The second-order valence-corrected chi connectivity index (χ2v) is 7.63. The molecule has 0 unspecified atom stereocenters. The van der Waals surface area contributed by atoms with Crippen LogP contribution in [0, 0.1) is 6.92 Å². The highest BCUT2D eigenvalue weighted by Gasteiger charge is 2.21. The van der Waals surface area contributed by atoms with E-state index in [0.717, 1.165) is 25.9 Å². The van der Waals surface area contributed by atoms with Crippen LogP contribution in [0.25, 0.3) is 33.3 Å². The molecule has 0 spiro atoms. The van der Waals surface area contributed by atoms with E-state index in [-0.39, 0.29) is 17.4 Å². The van der Waals surface area contributed by atoms with Gasteiger partial charge < -0.3 is 14.4 Å². The molecule has 1 fully saturated rings. The molecule has 4 aromatic rings. The molecule has 29 heavy (non-hydrogen) atoms. The van der Waals surface area contributed by atoms with Crippen LogP contribution in [-0.2, 0) is 0 Å². The van der Waals surface area contributed by atoms with Gasteiger partial charge in [0, 0.05) is 18.6 Å². The van der Waals surface area contributed by atoms with Crippen LogP contribution in [-0.4, -0.2) is 49.9 Å². The summed E-state index contributed by atoms with van der Waals surface area (Å²) in [6.45, 7) is 3.67. The van der Waals surface area contributed by atoms with Crippen LogP contribution in [0.3, 0.4) is 0 Å². The first-order valence-electron chi connectivity index (χ1n) is 9.67. The number of hydrogen-bond acceptors (Lipinski definition) is 7. The fourth-order valence-corrected chi connectivity index (χ4v) is 3.98. The van der Waals surface area contributed by atoms with Crippen molar-refractivity contribution in [2.75, 3.05) is 20.1 Å². The lowest BCUT2D eigenvalue weighted by Gasteiger charge is -2.29. The summed E-state index contributed by atoms with van der Waals surface area (Å²) in [5.74, 6) is 0.590. The Morgan fingerprint density at radius 3 is 2.72 bits per heavy atom. The summed E-state index contributed by atoms with van der Waals surface area (Å²) in [5.41, 5.74) is 2.62. The van der Waals surface area contributed by atoms with Crippen molar-refractivity contribution in [1.29, 1.82) is 0 Å². The van der Waals surface area contributed by atoms with Crippen molar-refractivity contribution < 1.29 is 9.52 Å². The molecule has 1 aliphatic heterocycles. The van der Waals surface area contributed by atoms with Gasteiger partial charge in [-0.2, -0.15) is 5.10 Å². The molecule has 5 rings (SSSR count). The van der Waals surface area contributed by atoms with Crippen molar-refractivity contribution in [3.63, 3.8) is 0 Å². The molecule has 0 aliphatic carbocycles. The first-order chi connectivity index (χ1) is 14.0. The standard InChI is InChI=1S/C21H21N5O3/c1-12-23-17-10-19(27)15(9-20(17)29-12)16-4-3-14-18(24-16)11-22-26(21(14)28)13-5-7-25(2)8-6-13/h3-4,9-11,13,27H,5-8H2,1-2H3. The van der Waals surface area contributed by atoms with E-state index >= 15 is 0 Å². The highest BCUT2D eigenvalue weighted by Crippen LogP contribution is 2.33. The Hall–Kier alpha value is -3.26. The molecule has 3 aromatic heterocycles. The number of pyridine rings is 1. The lowest BCUT2D eigenvalue weighted by molar-refractivity contribution is 0.209. The number of rotatable bonds is 2. The predicted octanol–water partition coefficient (Wildman–Crippen LogP) is 2.88. The smallest absolute Gasteiger partial charge is 0.276 e. The first kappa shape index (κ1) is 17.8. The van der Waals surface area contributed by atoms with Gasteiger partial charge in [-0.25, -0.2) is 14.6 Å². The maximum atomic E-state index is 13.0. The largest absolute Gasteiger partial charge is 0.507 e. The molecule has 0 bridgehead atoms. The number of piperidine rings is 1. The second kappa shape index (κ2) is 6.66. The first-order valence-corrected chi connectivity index (χ1v) is 9.67. The van der Waals surface area contributed by atoms with Crippen molar-refractivity contribution >= 4 is 22.0 Å². The summed E-state index contributed by atoms with van der Waals surface area (Å²) in [6.07, 6.45) is 3.45. The molecule has 0 atom stereocenters. The number of benzene rings is 1. The third kappa shape index (κ3) is 3.05. The number of hydrogen-bond donors (Lipinski definition) is 1. The van der Waals surface area contributed by atoms with Crippen LogP contribution >= 0.6 is 0 Å². The Morgan fingerprint density at radius 1 is 1.14 bits per heavy atom. The lowest BCUT2D eigenvalue weighted by Crippen LogP contribution is -2.36. The van der Waals surface area contributed by atoms with E-state index in [1.807, 2.05) is 0 Å². The molecule has 148 valence electrons. The van der Waals surface area contributed by atoms with Crippen molar-refractivity contribution in [2.45, 2.75) is 25.8 Å². The van der Waals surface area contributed by atoms with E-state index < -0.39 is 0 Å². The summed E-state index contributed by atoms with van der Waals surface area (Å²) in [7, 11) is 2.09. The minimum absolute atomic E-state index is 0.0604. The molecule has 0 amide bonds. The van der Waals surface area contributed by atoms with E-state index in [4.69, 9.17) is 4.42 Å². The molecule has 8 heteroatoms. The number of phenolic OH excluding ortho intramolecular Hbond substituents is 1. The van der Waals surface area contributed by atoms with E-state index in [2.05, 4.69) is 27.0 Å². The van der Waals surface area contributed by atoms with Gasteiger partial charge >= 0.3 is 0 Å². The van der Waals surface area contributed by atoms with Crippen molar-refractivity contribution in [1.82, 2.24) is 24.6 Å². The Kier molecular flexibility index (Phi) is 4.09. The van der Waals surface area contributed by atoms with Gasteiger partial charge in [-0.15, -0.1) is 0 Å². The summed E-state index contributed by atoms with van der Waals surface area (Å²) >= 11 is 0. The quantitative estimate of drug-likeness (QED) is 0.561. The number of phenols is 1. The van der Waals surface area contributed by atoms with Crippen LogP contribution < -0.4 is 5.56 Å². The van der Waals surface area contributed by atoms with Crippen molar-refractivity contribution in [3.05, 3.63) is 46.7 Å². The average molecular weight is 391 g/mol. The molecule has 1 aliphatic rings. The van der Waals surface area contributed by atoms with E-state index in [1.54, 1.807) is 42.1 Å². The molecule has 1 aromatic carbocycles. The van der Waals surface area contributed by atoms with Gasteiger partial charge in [-0.3, -0.25) is 4.79 Å². The molecule has 0 radical (unpaired) electrons. The van der Waals surface area contributed by atoms with E-state index in [9.17, 15) is 9.90 Å². The van der Waals surface area contributed by atoms with Gasteiger partial charge in [0.2, 0.25) is 0 Å². The zero-order valence-electron chi connectivity index (χ0n) is 16.3. The Labute approximate surface area is 166 Å². The molecule has 0 saturated carbocycles. The SMILES string of the molecule is Cc1nc2cc(O)c(-c3ccc4c(=O)n(C5CCN(C)CC5)ncc4n3)cc2o1. The minimum Gasteiger partial charge on any atom is -0.507 e. The van der Waals surface area contributed by atoms with Gasteiger partial charge in [0.05, 0.1) is 28.8 Å². The van der Waals surface area contributed by atoms with E-state index in [0.29, 0.717) is 39.2 Å². The fraction of sp³-hybridized carbons (Fsp3) is 0.333. The monoisotopic (exact) mass is 391 g/mol. The van der Waals surface area contributed by atoms with Crippen LogP contribution in [0.4, 0.5) is 0 Å². The van der Waals surface area contributed by atoms with Crippen LogP contribution in [0.15, 0.2) is 39.7 Å². The molecule has 1 N–H and O–H groups in total. The van der Waals surface area contributed by atoms with Crippen molar-refractivity contribution in [2.24, 2.45) is 0 Å². The maximum absolute atomic E-state index is 13.0. The molecular weight excluding hydrogens is 370 g/mol. The second-order valence-electron chi connectivity index (χ2n) is 7.63. The van der Waals surface area contributed by atoms with Gasteiger partial charge in [0.1, 0.15) is 11.3 Å². The highest BCUT2D eigenvalue weighted by molar-refractivity contribution is 5.86. The Bertz CT molecular complexity index is 1280. The molecule has 8 nitrogen and oxygen atoms in total. The number of nitrogens with zero attached hydrogens (tertiary/aromatic N) is 5. The Balaban J connectivity index is 1.57. The molecular formula is C21H21N5O3. The third-order valence-corrected chi connectivity index (χ3v) is 5.59. The minimum atomic E-state index is -0.123. The maximum Gasteiger partial charge on any atom is 0.276 e. The van der Waals surface area contributed by atoms with Gasteiger partial charge in [0.15, 0.2) is 11.5 Å². The van der Waals surface area contributed by atoms with Crippen LogP contribution in [0.2, 0.25) is 0 Å². The van der Waals surface area contributed by atoms with Crippen molar-refractivity contribution in [3.8, 4) is 17.0 Å². The zero-order valence-corrected chi connectivity index (χ0v) is 16.3. The summed E-state index contributed by atoms with van der Waals surface area (Å²) in [4.78, 5) is 24.0. The fourth-order valence-electron chi connectivity index (χ4n) is 3.98. The number of oxazole rings is 1. The van der Waals surface area contributed by atoms with Gasteiger partial charge in [-0.05, 0) is 51.2 Å². The number of aromatic hydroxyl groups is 1. The van der Waals surface area contributed by atoms with Crippen LogP contribution in [0.1, 0.15) is 24.8 Å². The topological polar surface area (TPSA) is 97.3 Å². The summed E-state index contributed by atoms with van der Waals surface area (Å²) in [5, 5.41) is 15.4. The summed E-state index contributed by atoms with van der Waals surface area (Å²) in [6, 6.07) is 6.88. The Morgan fingerprint density at radius 2 is 1.93 bits per heavy atom. The third-order valence-electron chi connectivity index (χ3n) is 5.59. The zero-order chi connectivity index (χ0) is 20.1. The number of aromatic nitrogens is 4. The highest BCUT2D eigenvalue weighted by atomic mass is 16.3. The lowest BCUT2D eigenvalue weighted by atomic mass is 10.1. The van der Waals surface area contributed by atoms with Gasteiger partial charge in [0.25, 0.3) is 5.56 Å². The number of aryl methyl sites for hydroxylation is 1.